The lowest BCUT2D eigenvalue weighted by atomic mass is 10.2. The molecule has 0 amide bonds. The third kappa shape index (κ3) is 4.18. The molecule has 0 saturated heterocycles. The first-order chi connectivity index (χ1) is 10.7. The molecule has 2 rings (SSSR count). The van der Waals surface area contributed by atoms with Gasteiger partial charge in [0.15, 0.2) is 0 Å². The van der Waals surface area contributed by atoms with E-state index in [0.717, 1.165) is 18.7 Å². The van der Waals surface area contributed by atoms with Crippen LogP contribution in [0.5, 0.6) is 5.88 Å². The second-order valence-corrected chi connectivity index (χ2v) is 4.94. The zero-order chi connectivity index (χ0) is 15.9. The number of hydrogen-bond acceptors (Lipinski definition) is 5. The maximum Gasteiger partial charge on any atom is 0.254 e. The minimum atomic E-state index is 0.275. The van der Waals surface area contributed by atoms with E-state index in [1.165, 1.54) is 12.8 Å². The van der Waals surface area contributed by atoms with Crippen LogP contribution in [0, 0.1) is 0 Å². The highest BCUT2D eigenvalue weighted by Gasteiger charge is 2.02. The standard InChI is InChI=1S/C16H19ClN4O/c1-4-21(5-2)13-8-6-12(7-9-13)11-18-16-19-14(17)10-15(20-16)22-3/h6-11H,4-5H2,1-3H3. The van der Waals surface area contributed by atoms with Crippen LogP contribution in [0.1, 0.15) is 19.4 Å². The van der Waals surface area contributed by atoms with Crippen LogP contribution in [0.15, 0.2) is 35.3 Å². The molecule has 0 atom stereocenters. The maximum atomic E-state index is 5.89. The van der Waals surface area contributed by atoms with E-state index in [9.17, 15) is 0 Å². The first-order valence-electron chi connectivity index (χ1n) is 7.14. The molecule has 1 aromatic carbocycles. The molecule has 0 fully saturated rings. The summed E-state index contributed by atoms with van der Waals surface area (Å²) >= 11 is 5.89. The van der Waals surface area contributed by atoms with Crippen molar-refractivity contribution in [2.24, 2.45) is 4.99 Å². The molecule has 6 heteroatoms. The van der Waals surface area contributed by atoms with Crippen LogP contribution in [0.4, 0.5) is 11.6 Å². The smallest absolute Gasteiger partial charge is 0.254 e. The van der Waals surface area contributed by atoms with Gasteiger partial charge in [-0.15, -0.1) is 0 Å². The Hall–Kier alpha value is -2.14. The molecule has 0 bridgehead atoms. The van der Waals surface area contributed by atoms with Crippen molar-refractivity contribution in [1.29, 1.82) is 0 Å². The van der Waals surface area contributed by atoms with E-state index in [-0.39, 0.29) is 5.95 Å². The third-order valence-electron chi connectivity index (χ3n) is 3.22. The highest BCUT2D eigenvalue weighted by Crippen LogP contribution is 2.18. The molecule has 0 aliphatic heterocycles. The molecular formula is C16H19ClN4O. The summed E-state index contributed by atoms with van der Waals surface area (Å²) in [4.78, 5) is 14.7. The molecule has 1 heterocycles. The van der Waals surface area contributed by atoms with Gasteiger partial charge in [-0.2, -0.15) is 9.97 Å². The van der Waals surface area contributed by atoms with Crippen molar-refractivity contribution >= 4 is 29.5 Å². The van der Waals surface area contributed by atoms with Crippen LogP contribution in [-0.4, -0.2) is 36.4 Å². The molecule has 0 aliphatic rings. The first kappa shape index (κ1) is 16.2. The highest BCUT2D eigenvalue weighted by molar-refractivity contribution is 6.29. The lowest BCUT2D eigenvalue weighted by Gasteiger charge is -2.20. The van der Waals surface area contributed by atoms with Gasteiger partial charge >= 0.3 is 0 Å². The second-order valence-electron chi connectivity index (χ2n) is 4.56. The van der Waals surface area contributed by atoms with Crippen molar-refractivity contribution in [3.63, 3.8) is 0 Å². The Labute approximate surface area is 135 Å². The first-order valence-corrected chi connectivity index (χ1v) is 7.51. The molecule has 5 nitrogen and oxygen atoms in total. The van der Waals surface area contributed by atoms with Crippen molar-refractivity contribution in [3.8, 4) is 5.88 Å². The van der Waals surface area contributed by atoms with E-state index in [2.05, 4.69) is 45.8 Å². The molecule has 116 valence electrons. The molecule has 0 unspecified atom stereocenters. The van der Waals surface area contributed by atoms with E-state index in [4.69, 9.17) is 16.3 Å². The van der Waals surface area contributed by atoms with Gasteiger partial charge in [0.25, 0.3) is 5.95 Å². The van der Waals surface area contributed by atoms with Gasteiger partial charge < -0.3 is 9.64 Å². The van der Waals surface area contributed by atoms with Crippen LogP contribution < -0.4 is 9.64 Å². The van der Waals surface area contributed by atoms with Gasteiger partial charge in [-0.05, 0) is 31.5 Å². The number of benzene rings is 1. The summed E-state index contributed by atoms with van der Waals surface area (Å²) < 4.78 is 5.04. The van der Waals surface area contributed by atoms with Gasteiger partial charge in [0.05, 0.1) is 7.11 Å². The molecule has 0 spiro atoms. The Morgan fingerprint density at radius 1 is 1.18 bits per heavy atom. The molecule has 22 heavy (non-hydrogen) atoms. The molecule has 1 aromatic heterocycles. The molecule has 0 saturated carbocycles. The monoisotopic (exact) mass is 318 g/mol. The molecular weight excluding hydrogens is 300 g/mol. The molecule has 0 aliphatic carbocycles. The Morgan fingerprint density at radius 2 is 1.86 bits per heavy atom. The van der Waals surface area contributed by atoms with Gasteiger partial charge in [0.2, 0.25) is 5.88 Å². The van der Waals surface area contributed by atoms with E-state index in [1.54, 1.807) is 12.3 Å². The molecule has 0 N–H and O–H groups in total. The fourth-order valence-corrected chi connectivity index (χ4v) is 2.21. The summed E-state index contributed by atoms with van der Waals surface area (Å²) in [5.41, 5.74) is 2.17. The average molecular weight is 319 g/mol. The van der Waals surface area contributed by atoms with Crippen LogP contribution in [0.25, 0.3) is 0 Å². The summed E-state index contributed by atoms with van der Waals surface area (Å²) in [5, 5.41) is 0.302. The second kappa shape index (κ2) is 7.75. The number of anilines is 1. The van der Waals surface area contributed by atoms with Gasteiger partial charge in [-0.25, -0.2) is 4.99 Å². The van der Waals surface area contributed by atoms with E-state index >= 15 is 0 Å². The van der Waals surface area contributed by atoms with Crippen molar-refractivity contribution in [3.05, 3.63) is 41.0 Å². The fraction of sp³-hybridized carbons (Fsp3) is 0.312. The van der Waals surface area contributed by atoms with E-state index in [1.807, 2.05) is 12.1 Å². The Morgan fingerprint density at radius 3 is 2.45 bits per heavy atom. The van der Waals surface area contributed by atoms with Crippen molar-refractivity contribution in [2.45, 2.75) is 13.8 Å². The minimum absolute atomic E-state index is 0.275. The number of ether oxygens (including phenoxy) is 1. The van der Waals surface area contributed by atoms with Crippen LogP contribution >= 0.6 is 11.6 Å². The van der Waals surface area contributed by atoms with Gasteiger partial charge in [0, 0.05) is 31.1 Å². The van der Waals surface area contributed by atoms with Crippen LogP contribution in [0.2, 0.25) is 5.15 Å². The highest BCUT2D eigenvalue weighted by atomic mass is 35.5. The number of halogens is 1. The van der Waals surface area contributed by atoms with Crippen molar-refractivity contribution in [1.82, 2.24) is 9.97 Å². The molecule has 2 aromatic rings. The van der Waals surface area contributed by atoms with Crippen LogP contribution in [0.3, 0.4) is 0 Å². The summed E-state index contributed by atoms with van der Waals surface area (Å²) in [7, 11) is 1.53. The number of methoxy groups -OCH3 is 1. The SMILES string of the molecule is CCN(CC)c1ccc(C=Nc2nc(Cl)cc(OC)n2)cc1. The van der Waals surface area contributed by atoms with Gasteiger partial charge in [-0.1, -0.05) is 23.7 Å². The number of aromatic nitrogens is 2. The van der Waals surface area contributed by atoms with Gasteiger partial charge in [-0.3, -0.25) is 0 Å². The maximum absolute atomic E-state index is 5.89. The van der Waals surface area contributed by atoms with Crippen molar-refractivity contribution in [2.75, 3.05) is 25.1 Å². The lowest BCUT2D eigenvalue weighted by Crippen LogP contribution is -2.21. The fourth-order valence-electron chi connectivity index (χ4n) is 2.04. The number of rotatable bonds is 6. The van der Waals surface area contributed by atoms with E-state index in [0.29, 0.717) is 11.0 Å². The van der Waals surface area contributed by atoms with Crippen molar-refractivity contribution < 1.29 is 4.74 Å². The average Bonchev–Trinajstić information content (AvgIpc) is 2.54. The Kier molecular flexibility index (Phi) is 5.72. The summed E-state index contributed by atoms with van der Waals surface area (Å²) in [5.74, 6) is 0.668. The topological polar surface area (TPSA) is 50.6 Å². The quantitative estimate of drug-likeness (QED) is 0.601. The summed E-state index contributed by atoms with van der Waals surface area (Å²) in [6.45, 7) is 6.26. The Balaban J connectivity index is 2.15. The minimum Gasteiger partial charge on any atom is -0.481 e. The third-order valence-corrected chi connectivity index (χ3v) is 3.41. The Bertz CT molecular complexity index is 639. The summed E-state index contributed by atoms with van der Waals surface area (Å²) in [6, 6.07) is 9.72. The predicted octanol–water partition coefficient (Wildman–Crippen LogP) is 3.74. The largest absolute Gasteiger partial charge is 0.481 e. The predicted molar refractivity (Wildman–Crippen MR) is 90.9 cm³/mol. The number of aliphatic imine (C=N–C) groups is 1. The lowest BCUT2D eigenvalue weighted by molar-refractivity contribution is 0.397. The number of hydrogen-bond donors (Lipinski definition) is 0. The van der Waals surface area contributed by atoms with Crippen LogP contribution in [-0.2, 0) is 0 Å². The molecule has 0 radical (unpaired) electrons. The van der Waals surface area contributed by atoms with Gasteiger partial charge in [0.1, 0.15) is 5.15 Å². The zero-order valence-corrected chi connectivity index (χ0v) is 13.7. The normalized spacial score (nSPS) is 10.9. The summed E-state index contributed by atoms with van der Waals surface area (Å²) in [6.07, 6.45) is 1.71. The number of nitrogens with zero attached hydrogens (tertiary/aromatic N) is 4. The van der Waals surface area contributed by atoms with E-state index < -0.39 is 0 Å². The zero-order valence-electron chi connectivity index (χ0n) is 13.0.